The molecule has 0 fully saturated rings. The van der Waals surface area contributed by atoms with Crippen LogP contribution in [0.4, 0.5) is 19.3 Å². The predicted molar refractivity (Wildman–Crippen MR) is 107 cm³/mol. The number of ether oxygens (including phenoxy) is 2. The van der Waals surface area contributed by atoms with E-state index in [1.165, 1.54) is 42.6 Å². The van der Waals surface area contributed by atoms with Gasteiger partial charge in [-0.1, -0.05) is 12.1 Å². The quantitative estimate of drug-likeness (QED) is 0.635. The van der Waals surface area contributed by atoms with Crippen LogP contribution in [0, 0.1) is 11.6 Å². The van der Waals surface area contributed by atoms with Gasteiger partial charge in [-0.25, -0.2) is 18.7 Å². The molecule has 0 radical (unpaired) electrons. The van der Waals surface area contributed by atoms with E-state index in [1.54, 1.807) is 20.8 Å². The standard InChI is InChI=1S/C21H19F2N3O4/c1-21(2,3)30-20(28)25-15-9-8-12(13-10-11-24-26-19(13)27)18(17(15)23)29-16-7-5-4-6-14(16)22/h4-11H,1-3H3,(H,25,28)(H,26,27). The lowest BCUT2D eigenvalue weighted by Crippen LogP contribution is -2.27. The summed E-state index contributed by atoms with van der Waals surface area (Å²) in [6.45, 7) is 4.98. The fraction of sp³-hybridized carbons (Fsp3) is 0.190. The largest absolute Gasteiger partial charge is 0.450 e. The van der Waals surface area contributed by atoms with Gasteiger partial charge in [0.1, 0.15) is 5.60 Å². The summed E-state index contributed by atoms with van der Waals surface area (Å²) in [5.41, 5.74) is -1.54. The van der Waals surface area contributed by atoms with Crippen LogP contribution in [0.3, 0.4) is 0 Å². The summed E-state index contributed by atoms with van der Waals surface area (Å²) < 4.78 is 40.0. The first-order valence-corrected chi connectivity index (χ1v) is 8.94. The van der Waals surface area contributed by atoms with E-state index < -0.39 is 34.6 Å². The van der Waals surface area contributed by atoms with E-state index >= 15 is 4.39 Å². The Labute approximate surface area is 170 Å². The van der Waals surface area contributed by atoms with Gasteiger partial charge in [0, 0.05) is 11.8 Å². The number of benzene rings is 2. The minimum Gasteiger partial charge on any atom is -0.450 e. The number of hydrogen-bond donors (Lipinski definition) is 2. The van der Waals surface area contributed by atoms with Crippen molar-refractivity contribution < 1.29 is 23.0 Å². The van der Waals surface area contributed by atoms with E-state index in [0.717, 1.165) is 6.07 Å². The summed E-state index contributed by atoms with van der Waals surface area (Å²) in [7, 11) is 0. The van der Waals surface area contributed by atoms with Crippen molar-refractivity contribution in [3.05, 3.63) is 70.6 Å². The Hall–Kier alpha value is -3.75. The summed E-state index contributed by atoms with van der Waals surface area (Å²) in [6.07, 6.45) is 0.432. The van der Waals surface area contributed by atoms with Crippen molar-refractivity contribution in [2.75, 3.05) is 5.32 Å². The van der Waals surface area contributed by atoms with Crippen molar-refractivity contribution in [1.29, 1.82) is 0 Å². The van der Waals surface area contributed by atoms with Gasteiger partial charge < -0.3 is 9.47 Å². The molecule has 3 aromatic rings. The summed E-state index contributed by atoms with van der Waals surface area (Å²) in [5.74, 6) is -2.42. The SMILES string of the molecule is CC(C)(C)OC(=O)Nc1ccc(-c2ccn[nH]c2=O)c(Oc2ccccc2F)c1F. The van der Waals surface area contributed by atoms with Gasteiger partial charge in [0.25, 0.3) is 5.56 Å². The number of hydrogen-bond acceptors (Lipinski definition) is 5. The number of aromatic amines is 1. The Morgan fingerprint density at radius 2 is 1.80 bits per heavy atom. The number of rotatable bonds is 4. The second-order valence-corrected chi connectivity index (χ2v) is 7.26. The first-order valence-electron chi connectivity index (χ1n) is 8.94. The predicted octanol–water partition coefficient (Wildman–Crippen LogP) is 4.85. The molecular weight excluding hydrogens is 396 g/mol. The van der Waals surface area contributed by atoms with Gasteiger partial charge >= 0.3 is 6.09 Å². The third kappa shape index (κ3) is 4.80. The third-order valence-corrected chi connectivity index (χ3v) is 3.80. The number of H-pyrrole nitrogens is 1. The average molecular weight is 415 g/mol. The first-order chi connectivity index (χ1) is 14.2. The molecule has 1 heterocycles. The zero-order valence-electron chi connectivity index (χ0n) is 16.5. The summed E-state index contributed by atoms with van der Waals surface area (Å²) in [5, 5.41) is 8.14. The molecule has 0 atom stereocenters. The lowest BCUT2D eigenvalue weighted by atomic mass is 10.1. The Bertz CT molecular complexity index is 1140. The molecule has 30 heavy (non-hydrogen) atoms. The monoisotopic (exact) mass is 415 g/mol. The zero-order chi connectivity index (χ0) is 21.9. The van der Waals surface area contributed by atoms with Crippen LogP contribution in [0.15, 0.2) is 53.5 Å². The molecule has 156 valence electrons. The molecular formula is C21H19F2N3O4. The van der Waals surface area contributed by atoms with Gasteiger partial charge in [0.15, 0.2) is 23.1 Å². The summed E-state index contributed by atoms with van der Waals surface area (Å²) >= 11 is 0. The first kappa shape index (κ1) is 21.0. The molecule has 0 spiro atoms. The van der Waals surface area contributed by atoms with E-state index in [4.69, 9.17) is 9.47 Å². The molecule has 0 aliphatic rings. The number of aromatic nitrogens is 2. The van der Waals surface area contributed by atoms with Crippen LogP contribution in [-0.4, -0.2) is 21.9 Å². The fourth-order valence-corrected chi connectivity index (χ4v) is 2.57. The van der Waals surface area contributed by atoms with Gasteiger partial charge in [-0.3, -0.25) is 10.1 Å². The lowest BCUT2D eigenvalue weighted by Gasteiger charge is -2.20. The van der Waals surface area contributed by atoms with Crippen LogP contribution in [0.1, 0.15) is 20.8 Å². The highest BCUT2D eigenvalue weighted by molar-refractivity contribution is 5.87. The molecule has 1 aromatic heterocycles. The van der Waals surface area contributed by atoms with E-state index in [-0.39, 0.29) is 22.6 Å². The number of nitrogens with one attached hydrogen (secondary N) is 2. The molecule has 2 N–H and O–H groups in total. The van der Waals surface area contributed by atoms with Crippen molar-refractivity contribution in [1.82, 2.24) is 10.2 Å². The molecule has 0 aliphatic heterocycles. The molecule has 3 rings (SSSR count). The second-order valence-electron chi connectivity index (χ2n) is 7.26. The number of amides is 1. The van der Waals surface area contributed by atoms with Crippen LogP contribution in [0.25, 0.3) is 11.1 Å². The normalized spacial score (nSPS) is 11.1. The van der Waals surface area contributed by atoms with E-state index in [9.17, 15) is 14.0 Å². The maximum atomic E-state index is 15.3. The second kappa shape index (κ2) is 8.32. The molecule has 9 heteroatoms. The lowest BCUT2D eigenvalue weighted by molar-refractivity contribution is 0.0635. The topological polar surface area (TPSA) is 93.3 Å². The van der Waals surface area contributed by atoms with Crippen LogP contribution in [-0.2, 0) is 4.74 Å². The number of carbonyl (C=O) groups excluding carboxylic acids is 1. The number of carbonyl (C=O) groups is 1. The molecule has 0 unspecified atom stereocenters. The summed E-state index contributed by atoms with van der Waals surface area (Å²) in [4.78, 5) is 24.2. The molecule has 0 aliphatic carbocycles. The average Bonchev–Trinajstić information content (AvgIpc) is 2.66. The van der Waals surface area contributed by atoms with Gasteiger partial charge in [0.05, 0.1) is 11.3 Å². The van der Waals surface area contributed by atoms with E-state index in [2.05, 4.69) is 15.5 Å². The Balaban J connectivity index is 2.09. The summed E-state index contributed by atoms with van der Waals surface area (Å²) in [6, 6.07) is 9.41. The van der Waals surface area contributed by atoms with Crippen molar-refractivity contribution in [3.8, 4) is 22.6 Å². The Morgan fingerprint density at radius 3 is 2.47 bits per heavy atom. The Morgan fingerprint density at radius 1 is 1.07 bits per heavy atom. The van der Waals surface area contributed by atoms with Crippen molar-refractivity contribution in [2.24, 2.45) is 0 Å². The van der Waals surface area contributed by atoms with Crippen molar-refractivity contribution in [2.45, 2.75) is 26.4 Å². The minimum absolute atomic E-state index is 0.0501. The maximum absolute atomic E-state index is 15.3. The highest BCUT2D eigenvalue weighted by atomic mass is 19.1. The number of halogens is 2. The van der Waals surface area contributed by atoms with Gasteiger partial charge in [-0.15, -0.1) is 0 Å². The molecule has 1 amide bonds. The fourth-order valence-electron chi connectivity index (χ4n) is 2.57. The Kier molecular flexibility index (Phi) is 5.81. The third-order valence-electron chi connectivity index (χ3n) is 3.80. The number of para-hydroxylation sites is 1. The van der Waals surface area contributed by atoms with Crippen molar-refractivity contribution >= 4 is 11.8 Å². The van der Waals surface area contributed by atoms with Crippen LogP contribution in [0.2, 0.25) is 0 Å². The molecule has 7 nitrogen and oxygen atoms in total. The maximum Gasteiger partial charge on any atom is 0.412 e. The van der Waals surface area contributed by atoms with Crippen molar-refractivity contribution in [3.63, 3.8) is 0 Å². The zero-order valence-corrected chi connectivity index (χ0v) is 16.5. The molecule has 0 bridgehead atoms. The molecule has 0 saturated carbocycles. The van der Waals surface area contributed by atoms with Crippen LogP contribution < -0.4 is 15.6 Å². The van der Waals surface area contributed by atoms with E-state index in [1.807, 2.05) is 0 Å². The smallest absolute Gasteiger partial charge is 0.412 e. The highest BCUT2D eigenvalue weighted by Crippen LogP contribution is 2.38. The van der Waals surface area contributed by atoms with Crippen LogP contribution in [0.5, 0.6) is 11.5 Å². The highest BCUT2D eigenvalue weighted by Gasteiger charge is 2.23. The molecule has 2 aromatic carbocycles. The van der Waals surface area contributed by atoms with Gasteiger partial charge in [-0.2, -0.15) is 5.10 Å². The molecule has 0 saturated heterocycles. The number of nitrogens with zero attached hydrogens (tertiary/aromatic N) is 1. The minimum atomic E-state index is -1.00. The van der Waals surface area contributed by atoms with Crippen LogP contribution >= 0.6 is 0 Å². The van der Waals surface area contributed by atoms with E-state index in [0.29, 0.717) is 0 Å². The van der Waals surface area contributed by atoms with Gasteiger partial charge in [0.2, 0.25) is 0 Å². The number of anilines is 1. The van der Waals surface area contributed by atoms with Gasteiger partial charge in [-0.05, 0) is 51.1 Å².